The van der Waals surface area contributed by atoms with Crippen molar-refractivity contribution in [3.63, 3.8) is 0 Å². The molecule has 1 heterocycles. The number of hydrogen-bond donors (Lipinski definition) is 0. The predicted molar refractivity (Wildman–Crippen MR) is 126 cm³/mol. The van der Waals surface area contributed by atoms with Gasteiger partial charge in [-0.25, -0.2) is 0 Å². The molecular weight excluding hydrogens is 419 g/mol. The molecule has 2 aromatic rings. The van der Waals surface area contributed by atoms with E-state index in [0.29, 0.717) is 12.8 Å². The molecule has 0 bridgehead atoms. The first-order valence-electron chi connectivity index (χ1n) is 10.3. The van der Waals surface area contributed by atoms with Gasteiger partial charge in [0.15, 0.2) is 5.78 Å². The Bertz CT molecular complexity index is 885. The van der Waals surface area contributed by atoms with Gasteiger partial charge in [0.2, 0.25) is 5.91 Å². The van der Waals surface area contributed by atoms with Gasteiger partial charge in [0.1, 0.15) is 0 Å². The molecular formula is C24H30Cl2N2O2. The maximum atomic E-state index is 12.6. The van der Waals surface area contributed by atoms with E-state index in [0.717, 1.165) is 60.6 Å². The van der Waals surface area contributed by atoms with Gasteiger partial charge in [0.25, 0.3) is 0 Å². The lowest BCUT2D eigenvalue weighted by Gasteiger charge is -2.26. The van der Waals surface area contributed by atoms with Crippen LogP contribution in [0.15, 0.2) is 42.5 Å². The zero-order valence-electron chi connectivity index (χ0n) is 17.7. The first-order valence-corrected chi connectivity index (χ1v) is 10.7. The molecule has 0 saturated heterocycles. The lowest BCUT2D eigenvalue weighted by atomic mass is 9.96. The Kier molecular flexibility index (Phi) is 9.35. The number of anilines is 1. The summed E-state index contributed by atoms with van der Waals surface area (Å²) in [4.78, 5) is 28.3. The highest BCUT2D eigenvalue weighted by molar-refractivity contribution is 6.31. The largest absolute Gasteiger partial charge is 0.315 e. The number of Topliss-reactive ketones (excluding diaryl/α,β-unsaturated/α-hetero) is 1. The molecule has 0 N–H and O–H groups in total. The summed E-state index contributed by atoms with van der Waals surface area (Å²) in [6.07, 6.45) is 4.60. The summed E-state index contributed by atoms with van der Waals surface area (Å²) < 4.78 is 0. The van der Waals surface area contributed by atoms with Crippen molar-refractivity contribution in [2.45, 2.75) is 38.5 Å². The van der Waals surface area contributed by atoms with Crippen LogP contribution in [0.5, 0.6) is 0 Å². The molecule has 0 saturated carbocycles. The number of amides is 1. The molecule has 4 nitrogen and oxygen atoms in total. The van der Waals surface area contributed by atoms with Crippen molar-refractivity contribution in [3.05, 3.63) is 64.2 Å². The van der Waals surface area contributed by atoms with Crippen molar-refractivity contribution in [2.75, 3.05) is 32.1 Å². The van der Waals surface area contributed by atoms with Crippen LogP contribution in [-0.4, -0.2) is 43.8 Å². The Morgan fingerprint density at radius 2 is 1.87 bits per heavy atom. The van der Waals surface area contributed by atoms with E-state index < -0.39 is 0 Å². The van der Waals surface area contributed by atoms with Crippen LogP contribution in [0, 0.1) is 0 Å². The van der Waals surface area contributed by atoms with E-state index in [2.05, 4.69) is 18.0 Å². The van der Waals surface area contributed by atoms with Gasteiger partial charge in [0, 0.05) is 42.7 Å². The van der Waals surface area contributed by atoms with Crippen molar-refractivity contribution >= 4 is 41.4 Å². The highest BCUT2D eigenvalue weighted by atomic mass is 35.5. The molecule has 2 aromatic carbocycles. The van der Waals surface area contributed by atoms with E-state index in [9.17, 15) is 9.59 Å². The van der Waals surface area contributed by atoms with Crippen LogP contribution in [0.1, 0.15) is 47.2 Å². The summed E-state index contributed by atoms with van der Waals surface area (Å²) in [5.74, 6) is 0.321. The Balaban J connectivity index is 0.00000320. The summed E-state index contributed by atoms with van der Waals surface area (Å²) in [6.45, 7) is 1.92. The second-order valence-electron chi connectivity index (χ2n) is 7.82. The maximum Gasteiger partial charge on any atom is 0.227 e. The minimum absolute atomic E-state index is 0. The van der Waals surface area contributed by atoms with Gasteiger partial charge in [-0.15, -0.1) is 12.4 Å². The monoisotopic (exact) mass is 448 g/mol. The minimum Gasteiger partial charge on any atom is -0.315 e. The van der Waals surface area contributed by atoms with E-state index >= 15 is 0 Å². The summed E-state index contributed by atoms with van der Waals surface area (Å²) in [5, 5.41) is 0.826. The second-order valence-corrected chi connectivity index (χ2v) is 8.23. The van der Waals surface area contributed by atoms with Gasteiger partial charge < -0.3 is 9.80 Å². The lowest BCUT2D eigenvalue weighted by Crippen LogP contribution is -2.31. The average Bonchev–Trinajstić information content (AvgIpc) is 2.73. The fourth-order valence-electron chi connectivity index (χ4n) is 3.77. The maximum absolute atomic E-state index is 12.6. The van der Waals surface area contributed by atoms with Crippen molar-refractivity contribution in [3.8, 4) is 0 Å². The summed E-state index contributed by atoms with van der Waals surface area (Å²) >= 11 is 6.21. The van der Waals surface area contributed by atoms with Crippen LogP contribution in [0.4, 0.5) is 5.69 Å². The molecule has 6 heteroatoms. The molecule has 30 heavy (non-hydrogen) atoms. The fraction of sp³-hybridized carbons (Fsp3) is 0.417. The molecule has 0 radical (unpaired) electrons. The zero-order chi connectivity index (χ0) is 20.8. The number of likely N-dealkylation sites (N-methyl/N-ethyl adjacent to an activating group) is 1. The van der Waals surface area contributed by atoms with E-state index in [-0.39, 0.29) is 24.1 Å². The van der Waals surface area contributed by atoms with Crippen molar-refractivity contribution in [1.82, 2.24) is 4.90 Å². The molecule has 0 aliphatic carbocycles. The quantitative estimate of drug-likeness (QED) is 0.390. The number of rotatable bonds is 9. The third kappa shape index (κ3) is 6.31. The SMILES string of the molecule is CN(CCCCC(=O)c1ccc2c(c1)CCC(=O)N2C)CCc1ccccc1Cl.Cl. The smallest absolute Gasteiger partial charge is 0.227 e. The highest BCUT2D eigenvalue weighted by Gasteiger charge is 2.21. The number of fused-ring (bicyclic) bond motifs is 1. The first kappa shape index (κ1) is 24.4. The zero-order valence-corrected chi connectivity index (χ0v) is 19.3. The second kappa shape index (κ2) is 11.5. The Hall–Kier alpha value is -1.88. The first-order chi connectivity index (χ1) is 14.0. The van der Waals surface area contributed by atoms with Gasteiger partial charge in [-0.05, 0) is 74.7 Å². The Morgan fingerprint density at radius 3 is 2.63 bits per heavy atom. The van der Waals surface area contributed by atoms with Crippen LogP contribution in [0.25, 0.3) is 0 Å². The van der Waals surface area contributed by atoms with E-state index in [1.807, 2.05) is 36.4 Å². The molecule has 1 aliphatic heterocycles. The number of unbranched alkanes of at least 4 members (excludes halogenated alkanes) is 1. The van der Waals surface area contributed by atoms with Gasteiger partial charge in [0.05, 0.1) is 0 Å². The molecule has 0 spiro atoms. The normalized spacial score (nSPS) is 13.2. The fourth-order valence-corrected chi connectivity index (χ4v) is 4.00. The number of carbonyl (C=O) groups is 2. The van der Waals surface area contributed by atoms with Crippen LogP contribution < -0.4 is 4.90 Å². The molecule has 3 rings (SSSR count). The number of carbonyl (C=O) groups excluding carboxylic acids is 2. The van der Waals surface area contributed by atoms with Gasteiger partial charge in [-0.2, -0.15) is 0 Å². The molecule has 162 valence electrons. The molecule has 1 aliphatic rings. The number of halogens is 2. The third-order valence-electron chi connectivity index (χ3n) is 5.66. The van der Waals surface area contributed by atoms with Crippen LogP contribution in [0.3, 0.4) is 0 Å². The van der Waals surface area contributed by atoms with E-state index in [1.54, 1.807) is 11.9 Å². The topological polar surface area (TPSA) is 40.6 Å². The predicted octanol–water partition coefficient (Wildman–Crippen LogP) is 5.20. The lowest BCUT2D eigenvalue weighted by molar-refractivity contribution is -0.118. The summed E-state index contributed by atoms with van der Waals surface area (Å²) in [6, 6.07) is 13.7. The molecule has 1 amide bonds. The van der Waals surface area contributed by atoms with Gasteiger partial charge >= 0.3 is 0 Å². The third-order valence-corrected chi connectivity index (χ3v) is 6.03. The molecule has 0 atom stereocenters. The van der Waals surface area contributed by atoms with Crippen LogP contribution in [-0.2, 0) is 17.6 Å². The van der Waals surface area contributed by atoms with Gasteiger partial charge in [-0.3, -0.25) is 9.59 Å². The van der Waals surface area contributed by atoms with Crippen molar-refractivity contribution < 1.29 is 9.59 Å². The van der Waals surface area contributed by atoms with Crippen molar-refractivity contribution in [1.29, 1.82) is 0 Å². The molecule has 0 unspecified atom stereocenters. The van der Waals surface area contributed by atoms with E-state index in [4.69, 9.17) is 11.6 Å². The summed E-state index contributed by atoms with van der Waals surface area (Å²) in [7, 11) is 3.91. The molecule has 0 aromatic heterocycles. The number of aryl methyl sites for hydroxylation is 1. The minimum atomic E-state index is 0. The van der Waals surface area contributed by atoms with Crippen LogP contribution in [0.2, 0.25) is 5.02 Å². The molecule has 0 fully saturated rings. The number of benzene rings is 2. The summed E-state index contributed by atoms with van der Waals surface area (Å²) in [5.41, 5.74) is 3.96. The van der Waals surface area contributed by atoms with Crippen molar-refractivity contribution in [2.24, 2.45) is 0 Å². The van der Waals surface area contributed by atoms with E-state index in [1.165, 1.54) is 5.56 Å². The Morgan fingerprint density at radius 1 is 1.10 bits per heavy atom. The number of ketones is 1. The average molecular weight is 449 g/mol. The number of hydrogen-bond acceptors (Lipinski definition) is 3. The highest BCUT2D eigenvalue weighted by Crippen LogP contribution is 2.28. The number of nitrogens with zero attached hydrogens (tertiary/aromatic N) is 2. The van der Waals surface area contributed by atoms with Gasteiger partial charge in [-0.1, -0.05) is 29.8 Å². The Labute approximate surface area is 190 Å². The standard InChI is InChI=1S/C24H29ClN2O2.ClH/c1-26(16-14-18-7-3-4-8-21(18)25)15-6-5-9-23(28)20-10-12-22-19(17-20)11-13-24(29)27(22)2;/h3-4,7-8,10,12,17H,5-6,9,11,13-16H2,1-2H3;1H. The van der Waals surface area contributed by atoms with Crippen LogP contribution >= 0.6 is 24.0 Å².